The molecule has 0 unspecified atom stereocenters. The van der Waals surface area contributed by atoms with Gasteiger partial charge in [0.25, 0.3) is 0 Å². The van der Waals surface area contributed by atoms with Crippen LogP contribution in [0.25, 0.3) is 0 Å². The fraction of sp³-hybridized carbons (Fsp3) is 0. The molecule has 0 spiro atoms. The second-order valence-corrected chi connectivity index (χ2v) is 1.08. The Balaban J connectivity index is 0.000000222. The van der Waals surface area contributed by atoms with E-state index in [9.17, 15) is 0 Å². The quantitative estimate of drug-likeness (QED) is 0.458. The molecular formula is C6H5ClRu. The van der Waals surface area contributed by atoms with Crippen LogP contribution in [0.5, 0.6) is 0 Å². The van der Waals surface area contributed by atoms with Crippen molar-refractivity contribution < 1.29 is 17.3 Å². The molecule has 0 radical (unpaired) electrons. The molecule has 0 aliphatic heterocycles. The maximum absolute atomic E-state index is 4.57. The van der Waals surface area contributed by atoms with Crippen molar-refractivity contribution >= 4 is 9.69 Å². The van der Waals surface area contributed by atoms with Crippen LogP contribution in [0.15, 0.2) is 30.3 Å². The fourth-order valence-electron chi connectivity index (χ4n) is 0.342. The minimum atomic E-state index is 1.82. The summed E-state index contributed by atoms with van der Waals surface area (Å²) in [6.45, 7) is 0. The number of halogens is 1. The third kappa shape index (κ3) is 4.30. The summed E-state index contributed by atoms with van der Waals surface area (Å²) in [6.07, 6.45) is 0. The van der Waals surface area contributed by atoms with Gasteiger partial charge >= 0.3 is 27.0 Å². The summed E-state index contributed by atoms with van der Waals surface area (Å²) >= 11 is 1.82. The van der Waals surface area contributed by atoms with E-state index >= 15 is 0 Å². The molecule has 0 heterocycles. The number of hydrogen-bond acceptors (Lipinski definition) is 0. The minimum absolute atomic E-state index is 1.82. The Morgan fingerprint density at radius 2 is 1.50 bits per heavy atom. The van der Waals surface area contributed by atoms with Gasteiger partial charge in [-0.3, -0.25) is 0 Å². The van der Waals surface area contributed by atoms with Crippen LogP contribution in [0, 0.1) is 6.07 Å². The third-order valence-electron chi connectivity index (χ3n) is 0.607. The average molecular weight is 214 g/mol. The van der Waals surface area contributed by atoms with Crippen LogP contribution in [0.2, 0.25) is 0 Å². The van der Waals surface area contributed by atoms with Gasteiger partial charge in [0.1, 0.15) is 0 Å². The van der Waals surface area contributed by atoms with Crippen molar-refractivity contribution in [2.24, 2.45) is 0 Å². The van der Waals surface area contributed by atoms with Crippen molar-refractivity contribution in [1.29, 1.82) is 0 Å². The van der Waals surface area contributed by atoms with E-state index < -0.39 is 0 Å². The van der Waals surface area contributed by atoms with E-state index in [1.54, 1.807) is 0 Å². The molecule has 0 atom stereocenters. The zero-order valence-electron chi connectivity index (χ0n) is 4.12. The Hall–Kier alpha value is 0.133. The Morgan fingerprint density at radius 1 is 1.00 bits per heavy atom. The Morgan fingerprint density at radius 3 is 1.62 bits per heavy atom. The smallest absolute Gasteiger partial charge is 0.171 e. The molecule has 44 valence electrons. The zero-order chi connectivity index (χ0) is 6.24. The first-order valence-electron chi connectivity index (χ1n) is 2.04. The molecule has 0 aliphatic rings. The molecule has 0 nitrogen and oxygen atoms in total. The summed E-state index contributed by atoms with van der Waals surface area (Å²) in [4.78, 5) is 0. The van der Waals surface area contributed by atoms with Crippen molar-refractivity contribution in [3.05, 3.63) is 36.4 Å². The first kappa shape index (κ1) is 8.13. The van der Waals surface area contributed by atoms with Gasteiger partial charge in [0.2, 0.25) is 0 Å². The molecule has 0 aromatic heterocycles. The number of rotatable bonds is 0. The van der Waals surface area contributed by atoms with Gasteiger partial charge in [-0.05, 0) is 0 Å². The molecule has 0 saturated heterocycles. The number of benzene rings is 1. The van der Waals surface area contributed by atoms with Crippen LogP contribution in [0.4, 0.5) is 0 Å². The van der Waals surface area contributed by atoms with Crippen LogP contribution in [-0.4, -0.2) is 0 Å². The van der Waals surface area contributed by atoms with Crippen molar-refractivity contribution in [3.8, 4) is 0 Å². The standard InChI is InChI=1S/C6H5.ClH.Ru/c1-2-4-6-5-3-1;;/h1-5H;1H;/q-1;;+2/p-1. The van der Waals surface area contributed by atoms with Crippen LogP contribution >= 0.6 is 9.69 Å². The van der Waals surface area contributed by atoms with Gasteiger partial charge in [0, 0.05) is 0 Å². The van der Waals surface area contributed by atoms with E-state index in [1.807, 2.05) is 47.6 Å². The Kier molecular flexibility index (Phi) is 7.25. The molecule has 1 rings (SSSR count). The van der Waals surface area contributed by atoms with Gasteiger partial charge in [-0.2, -0.15) is 36.4 Å². The van der Waals surface area contributed by atoms with Crippen LogP contribution in [0.1, 0.15) is 0 Å². The predicted octanol–water partition coefficient (Wildman–Crippen LogP) is 2.17. The van der Waals surface area contributed by atoms with Gasteiger partial charge < -0.3 is 0 Å². The van der Waals surface area contributed by atoms with E-state index in [0.29, 0.717) is 0 Å². The summed E-state index contributed by atoms with van der Waals surface area (Å²) in [7, 11) is 4.57. The van der Waals surface area contributed by atoms with E-state index in [0.717, 1.165) is 0 Å². The second-order valence-electron chi connectivity index (χ2n) is 1.08. The van der Waals surface area contributed by atoms with Gasteiger partial charge in [0.15, 0.2) is 0 Å². The SMILES string of the molecule is [Cl][Ru+].[c-]1ccccc1. The molecule has 8 heavy (non-hydrogen) atoms. The van der Waals surface area contributed by atoms with Crippen molar-refractivity contribution in [2.45, 2.75) is 0 Å². The van der Waals surface area contributed by atoms with Crippen molar-refractivity contribution in [1.82, 2.24) is 0 Å². The normalized spacial score (nSPS) is 6.75. The van der Waals surface area contributed by atoms with E-state index in [1.165, 1.54) is 0 Å². The molecule has 1 aromatic carbocycles. The zero-order valence-corrected chi connectivity index (χ0v) is 6.61. The van der Waals surface area contributed by atoms with Gasteiger partial charge in [-0.15, -0.1) is 0 Å². The molecule has 0 bridgehead atoms. The van der Waals surface area contributed by atoms with Crippen molar-refractivity contribution in [2.75, 3.05) is 0 Å². The molecule has 0 fully saturated rings. The summed E-state index contributed by atoms with van der Waals surface area (Å²) in [5.41, 5.74) is 0. The molecule has 2 heteroatoms. The van der Waals surface area contributed by atoms with Crippen LogP contribution in [0.3, 0.4) is 0 Å². The largest absolute Gasteiger partial charge is 0.184 e. The molecule has 0 aliphatic carbocycles. The van der Waals surface area contributed by atoms with E-state index in [4.69, 9.17) is 0 Å². The van der Waals surface area contributed by atoms with Gasteiger partial charge in [0.05, 0.1) is 0 Å². The van der Waals surface area contributed by atoms with Crippen LogP contribution in [-0.2, 0) is 17.3 Å². The molecule has 0 amide bonds. The minimum Gasteiger partial charge on any atom is -0.184 e. The first-order valence-corrected chi connectivity index (χ1v) is 4.28. The maximum Gasteiger partial charge on any atom is -0.171 e. The third-order valence-corrected chi connectivity index (χ3v) is 0.607. The van der Waals surface area contributed by atoms with Gasteiger partial charge in [-0.25, -0.2) is 0 Å². The summed E-state index contributed by atoms with van der Waals surface area (Å²) < 4.78 is 0. The van der Waals surface area contributed by atoms with Crippen LogP contribution < -0.4 is 0 Å². The van der Waals surface area contributed by atoms with E-state index in [2.05, 4.69) is 15.8 Å². The summed E-state index contributed by atoms with van der Waals surface area (Å²) in [5, 5.41) is 0. The fourth-order valence-corrected chi connectivity index (χ4v) is 0.342. The summed E-state index contributed by atoms with van der Waals surface area (Å²) in [6, 6.07) is 12.5. The summed E-state index contributed by atoms with van der Waals surface area (Å²) in [5.74, 6) is 0. The van der Waals surface area contributed by atoms with E-state index in [-0.39, 0.29) is 0 Å². The molecular weight excluding hydrogens is 209 g/mol. The maximum atomic E-state index is 4.57. The first-order chi connectivity index (χ1) is 4.00. The topological polar surface area (TPSA) is 0 Å². The Labute approximate surface area is 63.6 Å². The molecule has 0 saturated carbocycles. The van der Waals surface area contributed by atoms with Crippen molar-refractivity contribution in [3.63, 3.8) is 0 Å². The molecule has 1 aromatic rings. The number of hydrogen-bond donors (Lipinski definition) is 0. The second kappa shape index (κ2) is 7.13. The predicted molar refractivity (Wildman–Crippen MR) is 31.1 cm³/mol. The Bertz CT molecular complexity index is 80.5. The van der Waals surface area contributed by atoms with Gasteiger partial charge in [-0.1, -0.05) is 0 Å². The monoisotopic (exact) mass is 214 g/mol. The molecule has 0 N–H and O–H groups in total. The average Bonchev–Trinajstić information content (AvgIpc) is 1.96.